The lowest BCUT2D eigenvalue weighted by Gasteiger charge is -2.23. The zero-order valence-electron chi connectivity index (χ0n) is 13.4. The van der Waals surface area contributed by atoms with Gasteiger partial charge in [-0.25, -0.2) is 8.42 Å². The van der Waals surface area contributed by atoms with E-state index in [1.54, 1.807) is 6.07 Å². The van der Waals surface area contributed by atoms with Crippen LogP contribution in [0.4, 0.5) is 5.69 Å². The van der Waals surface area contributed by atoms with Crippen LogP contribution in [0.5, 0.6) is 0 Å². The van der Waals surface area contributed by atoms with Gasteiger partial charge in [0.05, 0.1) is 11.9 Å². The molecule has 0 bridgehead atoms. The number of hydrogen-bond acceptors (Lipinski definition) is 3. The summed E-state index contributed by atoms with van der Waals surface area (Å²) < 4.78 is 26.0. The minimum atomic E-state index is -3.46. The molecule has 0 aromatic heterocycles. The Balaban J connectivity index is 2.85. The molecule has 0 fully saturated rings. The summed E-state index contributed by atoms with van der Waals surface area (Å²) in [4.78, 5) is 11.8. The molecule has 0 saturated carbocycles. The number of carbonyl (C=O) groups excluding carboxylic acids is 1. The Morgan fingerprint density at radius 3 is 2.50 bits per heavy atom. The van der Waals surface area contributed by atoms with E-state index >= 15 is 0 Å². The molecule has 1 amide bonds. The Labute approximate surface area is 141 Å². The van der Waals surface area contributed by atoms with Gasteiger partial charge in [-0.15, -0.1) is 0 Å². The maximum absolute atomic E-state index is 12.0. The fourth-order valence-electron chi connectivity index (χ4n) is 1.89. The highest BCUT2D eigenvalue weighted by molar-refractivity contribution is 9.10. The normalized spacial score (nSPS) is 11.5. The van der Waals surface area contributed by atoms with Gasteiger partial charge in [-0.2, -0.15) is 0 Å². The van der Waals surface area contributed by atoms with Gasteiger partial charge in [-0.3, -0.25) is 9.10 Å². The average Bonchev–Trinajstić information content (AvgIpc) is 2.37. The van der Waals surface area contributed by atoms with Crippen molar-refractivity contribution in [1.29, 1.82) is 0 Å². The predicted octanol–water partition coefficient (Wildman–Crippen LogP) is 2.69. The number of sulfonamides is 1. The second-order valence-corrected chi connectivity index (χ2v) is 8.50. The fourth-order valence-corrected chi connectivity index (χ4v) is 3.65. The summed E-state index contributed by atoms with van der Waals surface area (Å²) >= 11 is 3.39. The Hall–Kier alpha value is -1.08. The van der Waals surface area contributed by atoms with Crippen LogP contribution >= 0.6 is 15.9 Å². The van der Waals surface area contributed by atoms with Crippen LogP contribution in [0.3, 0.4) is 0 Å². The lowest BCUT2D eigenvalue weighted by Crippen LogP contribution is -2.35. The molecule has 0 spiro atoms. The van der Waals surface area contributed by atoms with E-state index in [2.05, 4.69) is 21.2 Å². The predicted molar refractivity (Wildman–Crippen MR) is 93.5 cm³/mol. The molecular weight excluding hydrogens is 368 g/mol. The maximum Gasteiger partial charge on any atom is 0.232 e. The van der Waals surface area contributed by atoms with Crippen molar-refractivity contribution in [2.24, 2.45) is 5.92 Å². The van der Waals surface area contributed by atoms with Crippen LogP contribution in [0.2, 0.25) is 0 Å². The van der Waals surface area contributed by atoms with Crippen molar-refractivity contribution in [3.8, 4) is 0 Å². The third-order valence-electron chi connectivity index (χ3n) is 3.02. The Kier molecular flexibility index (Phi) is 6.87. The van der Waals surface area contributed by atoms with Gasteiger partial charge in [-0.05, 0) is 46.5 Å². The number of carbonyl (C=O) groups is 1. The molecule has 1 rings (SSSR count). The van der Waals surface area contributed by atoms with Crippen LogP contribution in [-0.4, -0.2) is 33.7 Å². The summed E-state index contributed by atoms with van der Waals surface area (Å²) in [5.74, 6) is 0.215. The molecule has 0 unspecified atom stereocenters. The first kappa shape index (κ1) is 19.0. The second kappa shape index (κ2) is 7.97. The van der Waals surface area contributed by atoms with Crippen molar-refractivity contribution in [3.63, 3.8) is 0 Å². The lowest BCUT2D eigenvalue weighted by atomic mass is 10.2. The smallest absolute Gasteiger partial charge is 0.232 e. The largest absolute Gasteiger partial charge is 0.356 e. The van der Waals surface area contributed by atoms with E-state index in [0.717, 1.165) is 11.8 Å². The Morgan fingerprint density at radius 2 is 2.00 bits per heavy atom. The van der Waals surface area contributed by atoms with Crippen LogP contribution in [0, 0.1) is 12.8 Å². The number of nitrogens with one attached hydrogen (secondary N) is 1. The van der Waals surface area contributed by atoms with Crippen molar-refractivity contribution in [2.75, 3.05) is 23.7 Å². The van der Waals surface area contributed by atoms with Gasteiger partial charge >= 0.3 is 0 Å². The zero-order valence-corrected chi connectivity index (χ0v) is 15.8. The highest BCUT2D eigenvalue weighted by Gasteiger charge is 2.20. The van der Waals surface area contributed by atoms with Crippen LogP contribution in [0.15, 0.2) is 22.7 Å². The van der Waals surface area contributed by atoms with Crippen molar-refractivity contribution in [3.05, 3.63) is 28.2 Å². The standard InChI is InChI=1S/C15H23BrN2O3S/c1-11(2)10-17-15(19)7-8-18(22(4,20)21)14-6-5-12(3)9-13(14)16/h5-6,9,11H,7-8,10H2,1-4H3,(H,17,19). The second-order valence-electron chi connectivity index (χ2n) is 5.74. The summed E-state index contributed by atoms with van der Waals surface area (Å²) in [6.45, 7) is 6.65. The first-order valence-corrected chi connectivity index (χ1v) is 9.76. The van der Waals surface area contributed by atoms with E-state index in [1.165, 1.54) is 4.31 Å². The molecule has 0 aliphatic carbocycles. The summed E-state index contributed by atoms with van der Waals surface area (Å²) in [5.41, 5.74) is 1.57. The van der Waals surface area contributed by atoms with Gasteiger partial charge in [0.15, 0.2) is 0 Å². The van der Waals surface area contributed by atoms with Crippen molar-refractivity contribution in [2.45, 2.75) is 27.2 Å². The van der Waals surface area contributed by atoms with Gasteiger partial charge in [0.25, 0.3) is 0 Å². The Bertz CT molecular complexity index is 630. The number of halogens is 1. The molecule has 124 valence electrons. The van der Waals surface area contributed by atoms with Gasteiger partial charge in [0.2, 0.25) is 15.9 Å². The molecule has 1 aromatic carbocycles. The summed E-state index contributed by atoms with van der Waals surface area (Å²) in [7, 11) is -3.46. The molecule has 0 saturated heterocycles. The molecule has 5 nitrogen and oxygen atoms in total. The van der Waals surface area contributed by atoms with Gasteiger partial charge in [-0.1, -0.05) is 19.9 Å². The molecule has 7 heteroatoms. The van der Waals surface area contributed by atoms with E-state index in [1.807, 2.05) is 32.9 Å². The van der Waals surface area contributed by atoms with E-state index in [4.69, 9.17) is 0 Å². The SMILES string of the molecule is Cc1ccc(N(CCC(=O)NCC(C)C)S(C)(=O)=O)c(Br)c1. The van der Waals surface area contributed by atoms with E-state index < -0.39 is 10.0 Å². The number of nitrogens with zero attached hydrogens (tertiary/aromatic N) is 1. The van der Waals surface area contributed by atoms with Gasteiger partial charge < -0.3 is 5.32 Å². The van der Waals surface area contributed by atoms with Crippen molar-refractivity contribution >= 4 is 37.5 Å². The van der Waals surface area contributed by atoms with E-state index in [-0.39, 0.29) is 18.9 Å². The van der Waals surface area contributed by atoms with Crippen LogP contribution in [0.25, 0.3) is 0 Å². The summed E-state index contributed by atoms with van der Waals surface area (Å²) in [5, 5.41) is 2.79. The van der Waals surface area contributed by atoms with Crippen molar-refractivity contribution < 1.29 is 13.2 Å². The maximum atomic E-state index is 12.0. The summed E-state index contributed by atoms with van der Waals surface area (Å²) in [6, 6.07) is 5.44. The Morgan fingerprint density at radius 1 is 1.36 bits per heavy atom. The molecule has 0 aliphatic rings. The topological polar surface area (TPSA) is 66.5 Å². The molecule has 0 aliphatic heterocycles. The minimum Gasteiger partial charge on any atom is -0.356 e. The highest BCUT2D eigenvalue weighted by Crippen LogP contribution is 2.29. The zero-order chi connectivity index (χ0) is 16.9. The van der Waals surface area contributed by atoms with Crippen molar-refractivity contribution in [1.82, 2.24) is 5.32 Å². The summed E-state index contributed by atoms with van der Waals surface area (Å²) in [6.07, 6.45) is 1.27. The molecule has 0 atom stereocenters. The number of rotatable bonds is 7. The molecule has 0 heterocycles. The number of benzene rings is 1. The monoisotopic (exact) mass is 390 g/mol. The fraction of sp³-hybridized carbons (Fsp3) is 0.533. The molecule has 1 aromatic rings. The number of aryl methyl sites for hydroxylation is 1. The molecular formula is C15H23BrN2O3S. The van der Waals surface area contributed by atoms with E-state index in [9.17, 15) is 13.2 Å². The highest BCUT2D eigenvalue weighted by atomic mass is 79.9. The van der Waals surface area contributed by atoms with Crippen LogP contribution < -0.4 is 9.62 Å². The first-order valence-electron chi connectivity index (χ1n) is 7.12. The minimum absolute atomic E-state index is 0.115. The lowest BCUT2D eigenvalue weighted by molar-refractivity contribution is -0.121. The third kappa shape index (κ3) is 5.96. The number of amides is 1. The molecule has 1 N–H and O–H groups in total. The van der Waals surface area contributed by atoms with Gasteiger partial charge in [0.1, 0.15) is 0 Å². The number of anilines is 1. The average molecular weight is 391 g/mol. The third-order valence-corrected chi connectivity index (χ3v) is 4.84. The first-order chi connectivity index (χ1) is 10.1. The van der Waals surface area contributed by atoms with Crippen LogP contribution in [-0.2, 0) is 14.8 Å². The molecule has 22 heavy (non-hydrogen) atoms. The van der Waals surface area contributed by atoms with Crippen LogP contribution in [0.1, 0.15) is 25.8 Å². The van der Waals surface area contributed by atoms with E-state index in [0.29, 0.717) is 22.6 Å². The quantitative estimate of drug-likeness (QED) is 0.777. The molecule has 0 radical (unpaired) electrons. The number of hydrogen-bond donors (Lipinski definition) is 1. The van der Waals surface area contributed by atoms with Gasteiger partial charge in [0, 0.05) is 24.0 Å².